The van der Waals surface area contributed by atoms with Crippen molar-refractivity contribution >= 4 is 11.7 Å². The summed E-state index contributed by atoms with van der Waals surface area (Å²) in [5.41, 5.74) is 0.303. The van der Waals surface area contributed by atoms with Crippen LogP contribution in [0.3, 0.4) is 0 Å². The number of rotatable bonds is 2. The van der Waals surface area contributed by atoms with Crippen LogP contribution in [0.1, 0.15) is 22.6 Å². The molecule has 1 heterocycles. The summed E-state index contributed by atoms with van der Waals surface area (Å²) in [5.74, 6) is -1.40. The van der Waals surface area contributed by atoms with Gasteiger partial charge in [-0.3, -0.25) is 4.90 Å². The second-order valence-electron chi connectivity index (χ2n) is 6.55. The minimum atomic E-state index is -4.56. The van der Waals surface area contributed by atoms with Gasteiger partial charge in [-0.25, -0.2) is 9.18 Å². The van der Waals surface area contributed by atoms with E-state index in [0.29, 0.717) is 5.70 Å². The third kappa shape index (κ3) is 3.82. The summed E-state index contributed by atoms with van der Waals surface area (Å²) < 4.78 is 53.4. The van der Waals surface area contributed by atoms with E-state index in [-0.39, 0.29) is 18.1 Å². The molecule has 3 nitrogen and oxygen atoms in total. The van der Waals surface area contributed by atoms with E-state index in [0.717, 1.165) is 23.8 Å². The standard InChI is InChI=1S/C20H18F4N2O/c1-25(2)19(27)26-12-14(10-18(26)13-6-4-3-5-7-13)16-11-15(20(22,23)24)8-9-17(16)21/h3-11,14H,12H2,1-2H3. The van der Waals surface area contributed by atoms with Crippen LogP contribution >= 0.6 is 0 Å². The second-order valence-corrected chi connectivity index (χ2v) is 6.55. The molecule has 1 unspecified atom stereocenters. The number of carbonyl (C=O) groups excluding carboxylic acids is 1. The molecule has 27 heavy (non-hydrogen) atoms. The normalized spacial score (nSPS) is 17.0. The van der Waals surface area contributed by atoms with E-state index < -0.39 is 23.5 Å². The molecule has 0 aliphatic carbocycles. The molecule has 1 aliphatic rings. The van der Waals surface area contributed by atoms with E-state index >= 15 is 0 Å². The molecule has 1 atom stereocenters. The molecular formula is C20H18F4N2O. The summed E-state index contributed by atoms with van der Waals surface area (Å²) in [4.78, 5) is 15.4. The van der Waals surface area contributed by atoms with Gasteiger partial charge in [0, 0.05) is 32.3 Å². The van der Waals surface area contributed by atoms with Gasteiger partial charge in [0.1, 0.15) is 5.82 Å². The predicted molar refractivity (Wildman–Crippen MR) is 94.4 cm³/mol. The van der Waals surface area contributed by atoms with Crippen LogP contribution in [-0.2, 0) is 6.18 Å². The highest BCUT2D eigenvalue weighted by molar-refractivity contribution is 5.87. The molecule has 0 aromatic heterocycles. The van der Waals surface area contributed by atoms with Gasteiger partial charge >= 0.3 is 12.2 Å². The maximum absolute atomic E-state index is 14.3. The van der Waals surface area contributed by atoms with Crippen LogP contribution in [0.4, 0.5) is 22.4 Å². The van der Waals surface area contributed by atoms with Crippen molar-refractivity contribution in [3.8, 4) is 0 Å². The molecule has 3 rings (SSSR count). The van der Waals surface area contributed by atoms with Crippen molar-refractivity contribution in [1.82, 2.24) is 9.80 Å². The quantitative estimate of drug-likeness (QED) is 0.677. The maximum atomic E-state index is 14.3. The second kappa shape index (κ2) is 7.06. The molecule has 0 fully saturated rings. The van der Waals surface area contributed by atoms with Gasteiger partial charge in [0.2, 0.25) is 0 Å². The van der Waals surface area contributed by atoms with Crippen LogP contribution in [0.5, 0.6) is 0 Å². The summed E-state index contributed by atoms with van der Waals surface area (Å²) in [6.07, 6.45) is -2.92. The van der Waals surface area contributed by atoms with Crippen molar-refractivity contribution in [3.63, 3.8) is 0 Å². The highest BCUT2D eigenvalue weighted by Gasteiger charge is 2.35. The third-order valence-electron chi connectivity index (χ3n) is 4.43. The zero-order valence-corrected chi connectivity index (χ0v) is 14.8. The average Bonchev–Trinajstić information content (AvgIpc) is 3.06. The number of urea groups is 1. The largest absolute Gasteiger partial charge is 0.416 e. The van der Waals surface area contributed by atoms with Crippen LogP contribution in [-0.4, -0.2) is 36.5 Å². The van der Waals surface area contributed by atoms with Crippen LogP contribution < -0.4 is 0 Å². The molecular weight excluding hydrogens is 360 g/mol. The Labute approximate surface area is 154 Å². The number of amides is 2. The zero-order chi connectivity index (χ0) is 19.8. The fourth-order valence-electron chi connectivity index (χ4n) is 3.10. The molecule has 0 N–H and O–H groups in total. The van der Waals surface area contributed by atoms with Crippen molar-refractivity contribution < 1.29 is 22.4 Å². The van der Waals surface area contributed by atoms with Gasteiger partial charge in [-0.05, 0) is 29.3 Å². The first-order chi connectivity index (χ1) is 12.7. The Balaban J connectivity index is 2.05. The summed E-state index contributed by atoms with van der Waals surface area (Å²) >= 11 is 0. The highest BCUT2D eigenvalue weighted by Crippen LogP contribution is 2.38. The molecule has 0 bridgehead atoms. The minimum Gasteiger partial charge on any atom is -0.330 e. The number of nitrogens with zero attached hydrogens (tertiary/aromatic N) is 2. The Hall–Kier alpha value is -2.83. The summed E-state index contributed by atoms with van der Waals surface area (Å²) in [5, 5.41) is 0. The van der Waals surface area contributed by atoms with E-state index in [1.165, 1.54) is 9.80 Å². The molecule has 2 aromatic rings. The lowest BCUT2D eigenvalue weighted by molar-refractivity contribution is -0.137. The zero-order valence-electron chi connectivity index (χ0n) is 14.8. The smallest absolute Gasteiger partial charge is 0.330 e. The monoisotopic (exact) mass is 378 g/mol. The predicted octanol–water partition coefficient (Wildman–Crippen LogP) is 4.97. The average molecular weight is 378 g/mol. The minimum absolute atomic E-state index is 0.0689. The number of benzene rings is 2. The summed E-state index contributed by atoms with van der Waals surface area (Å²) in [6, 6.07) is 11.1. The Morgan fingerprint density at radius 3 is 2.37 bits per heavy atom. The lowest BCUT2D eigenvalue weighted by Crippen LogP contribution is -2.37. The van der Waals surface area contributed by atoms with E-state index in [4.69, 9.17) is 0 Å². The Morgan fingerprint density at radius 1 is 1.11 bits per heavy atom. The van der Waals surface area contributed by atoms with Crippen molar-refractivity contribution in [2.24, 2.45) is 0 Å². The number of hydrogen-bond acceptors (Lipinski definition) is 1. The van der Waals surface area contributed by atoms with E-state index in [2.05, 4.69) is 0 Å². The SMILES string of the molecule is CN(C)C(=O)N1CC(c2cc(C(F)(F)F)ccc2F)C=C1c1ccccc1. The van der Waals surface area contributed by atoms with Crippen LogP contribution in [0.2, 0.25) is 0 Å². The van der Waals surface area contributed by atoms with Gasteiger partial charge in [-0.2, -0.15) is 13.2 Å². The molecule has 0 saturated heterocycles. The Bertz CT molecular complexity index is 875. The van der Waals surface area contributed by atoms with Gasteiger partial charge in [0.05, 0.1) is 5.56 Å². The van der Waals surface area contributed by atoms with E-state index in [1.807, 2.05) is 6.07 Å². The van der Waals surface area contributed by atoms with E-state index in [1.54, 1.807) is 44.4 Å². The van der Waals surface area contributed by atoms with Gasteiger partial charge in [0.25, 0.3) is 0 Å². The third-order valence-corrected chi connectivity index (χ3v) is 4.43. The van der Waals surface area contributed by atoms with Crippen molar-refractivity contribution in [2.75, 3.05) is 20.6 Å². The number of carbonyl (C=O) groups is 1. The van der Waals surface area contributed by atoms with E-state index in [9.17, 15) is 22.4 Å². The van der Waals surface area contributed by atoms with Crippen molar-refractivity contribution in [1.29, 1.82) is 0 Å². The van der Waals surface area contributed by atoms with Gasteiger partial charge in [-0.1, -0.05) is 36.4 Å². The summed E-state index contributed by atoms with van der Waals surface area (Å²) in [7, 11) is 3.17. The Kier molecular flexibility index (Phi) is 4.95. The maximum Gasteiger partial charge on any atom is 0.416 e. The number of halogens is 4. The van der Waals surface area contributed by atoms with Crippen LogP contribution in [0, 0.1) is 5.82 Å². The van der Waals surface area contributed by atoms with Crippen LogP contribution in [0.15, 0.2) is 54.6 Å². The highest BCUT2D eigenvalue weighted by atomic mass is 19.4. The topological polar surface area (TPSA) is 23.6 Å². The fraction of sp³-hybridized carbons (Fsp3) is 0.250. The van der Waals surface area contributed by atoms with Crippen molar-refractivity contribution in [3.05, 3.63) is 77.1 Å². The van der Waals surface area contributed by atoms with Gasteiger partial charge < -0.3 is 4.90 Å². The van der Waals surface area contributed by atoms with Gasteiger partial charge in [-0.15, -0.1) is 0 Å². The fourth-order valence-corrected chi connectivity index (χ4v) is 3.10. The Morgan fingerprint density at radius 2 is 1.78 bits per heavy atom. The molecule has 1 aliphatic heterocycles. The molecule has 0 radical (unpaired) electrons. The number of hydrogen-bond donors (Lipinski definition) is 0. The first-order valence-corrected chi connectivity index (χ1v) is 8.31. The number of alkyl halides is 3. The molecule has 0 spiro atoms. The molecule has 0 saturated carbocycles. The lowest BCUT2D eigenvalue weighted by Gasteiger charge is -2.25. The summed E-state index contributed by atoms with van der Waals surface area (Å²) in [6.45, 7) is 0.0689. The molecule has 2 amide bonds. The molecule has 7 heteroatoms. The lowest BCUT2D eigenvalue weighted by atomic mass is 9.97. The van der Waals surface area contributed by atoms with Crippen molar-refractivity contribution in [2.45, 2.75) is 12.1 Å². The molecule has 2 aromatic carbocycles. The first kappa shape index (κ1) is 18.9. The van der Waals surface area contributed by atoms with Crippen LogP contribution in [0.25, 0.3) is 5.70 Å². The van der Waals surface area contributed by atoms with Gasteiger partial charge in [0.15, 0.2) is 0 Å². The molecule has 142 valence electrons. The first-order valence-electron chi connectivity index (χ1n) is 8.31.